The summed E-state index contributed by atoms with van der Waals surface area (Å²) in [6.07, 6.45) is 2.86. The third-order valence-electron chi connectivity index (χ3n) is 1.83. The predicted octanol–water partition coefficient (Wildman–Crippen LogP) is -0.120. The third kappa shape index (κ3) is 2.10. The van der Waals surface area contributed by atoms with Gasteiger partial charge in [-0.3, -0.25) is 4.79 Å². The van der Waals surface area contributed by atoms with Gasteiger partial charge in [0.2, 0.25) is 0 Å². The summed E-state index contributed by atoms with van der Waals surface area (Å²) in [5, 5.41) is 7.59. The SMILES string of the molecule is C=c1[nH]c(=O)/c(=C/C(C=N)=C(C)C)[nH]1. The van der Waals surface area contributed by atoms with E-state index in [0.717, 1.165) is 11.1 Å². The first kappa shape index (κ1) is 10.2. The van der Waals surface area contributed by atoms with Crippen LogP contribution in [0, 0.1) is 5.41 Å². The summed E-state index contributed by atoms with van der Waals surface area (Å²) in [5.74, 6) is 0. The molecule has 0 unspecified atom stereocenters. The van der Waals surface area contributed by atoms with Crippen LogP contribution in [0.15, 0.2) is 15.9 Å². The fraction of sp³-hybridized carbons (Fsp3) is 0.200. The molecular weight excluding hydrogens is 178 g/mol. The minimum absolute atomic E-state index is 0.212. The highest BCUT2D eigenvalue weighted by Gasteiger charge is 1.94. The van der Waals surface area contributed by atoms with Crippen LogP contribution in [0.25, 0.3) is 12.7 Å². The summed E-state index contributed by atoms with van der Waals surface area (Å²) in [6, 6.07) is 0. The van der Waals surface area contributed by atoms with Gasteiger partial charge in [-0.05, 0) is 25.5 Å². The van der Waals surface area contributed by atoms with E-state index < -0.39 is 0 Å². The van der Waals surface area contributed by atoms with Crippen molar-refractivity contribution >= 4 is 18.9 Å². The predicted molar refractivity (Wildman–Crippen MR) is 57.8 cm³/mol. The Morgan fingerprint density at radius 1 is 1.43 bits per heavy atom. The van der Waals surface area contributed by atoms with Gasteiger partial charge in [0.25, 0.3) is 5.56 Å². The maximum atomic E-state index is 11.3. The Morgan fingerprint density at radius 3 is 2.43 bits per heavy atom. The van der Waals surface area contributed by atoms with Gasteiger partial charge in [-0.25, -0.2) is 0 Å². The first-order chi connectivity index (χ1) is 6.54. The topological polar surface area (TPSA) is 72.5 Å². The quantitative estimate of drug-likeness (QED) is 0.560. The van der Waals surface area contributed by atoms with Crippen LogP contribution in [0.3, 0.4) is 0 Å². The Bertz CT molecular complexity index is 526. The van der Waals surface area contributed by atoms with Crippen molar-refractivity contribution in [3.05, 3.63) is 32.3 Å². The number of H-pyrrole nitrogens is 2. The molecule has 0 saturated heterocycles. The molecule has 1 aromatic heterocycles. The maximum absolute atomic E-state index is 11.3. The molecule has 0 atom stereocenters. The maximum Gasteiger partial charge on any atom is 0.273 e. The van der Waals surface area contributed by atoms with Crippen LogP contribution in [-0.4, -0.2) is 16.2 Å². The molecule has 1 heterocycles. The summed E-state index contributed by atoms with van der Waals surface area (Å²) in [5.41, 5.74) is 1.96. The van der Waals surface area contributed by atoms with Crippen molar-refractivity contribution in [2.75, 3.05) is 0 Å². The van der Waals surface area contributed by atoms with E-state index in [1.165, 1.54) is 6.21 Å². The highest BCUT2D eigenvalue weighted by atomic mass is 16.1. The van der Waals surface area contributed by atoms with Crippen LogP contribution in [0.1, 0.15) is 13.8 Å². The number of nitrogens with one attached hydrogen (secondary N) is 3. The summed E-state index contributed by atoms with van der Waals surface area (Å²) in [7, 11) is 0. The number of aromatic nitrogens is 2. The number of hydrogen-bond donors (Lipinski definition) is 3. The number of hydrogen-bond acceptors (Lipinski definition) is 2. The van der Waals surface area contributed by atoms with E-state index in [1.807, 2.05) is 13.8 Å². The normalized spacial score (nSPS) is 11.4. The van der Waals surface area contributed by atoms with E-state index >= 15 is 0 Å². The van der Waals surface area contributed by atoms with Crippen LogP contribution in [0.2, 0.25) is 0 Å². The van der Waals surface area contributed by atoms with Gasteiger partial charge in [0.05, 0.1) is 0 Å². The van der Waals surface area contributed by atoms with E-state index in [9.17, 15) is 4.79 Å². The molecule has 4 heteroatoms. The molecular formula is C10H13N3O. The van der Waals surface area contributed by atoms with Crippen LogP contribution in [0.4, 0.5) is 0 Å². The van der Waals surface area contributed by atoms with Gasteiger partial charge < -0.3 is 15.4 Å². The van der Waals surface area contributed by atoms with E-state index in [0.29, 0.717) is 10.8 Å². The average molecular weight is 191 g/mol. The molecule has 1 aromatic rings. The lowest BCUT2D eigenvalue weighted by Gasteiger charge is -1.93. The molecule has 0 aromatic carbocycles. The van der Waals surface area contributed by atoms with Gasteiger partial charge in [0.15, 0.2) is 0 Å². The lowest BCUT2D eigenvalue weighted by Crippen LogP contribution is -2.23. The van der Waals surface area contributed by atoms with Crippen LogP contribution in [-0.2, 0) is 0 Å². The van der Waals surface area contributed by atoms with Crippen molar-refractivity contribution < 1.29 is 0 Å². The molecule has 0 saturated carbocycles. The second-order valence-corrected chi connectivity index (χ2v) is 3.22. The van der Waals surface area contributed by atoms with Crippen molar-refractivity contribution in [2.45, 2.75) is 13.8 Å². The molecule has 0 bridgehead atoms. The molecule has 0 aliphatic carbocycles. The van der Waals surface area contributed by atoms with E-state index in [2.05, 4.69) is 16.5 Å². The molecule has 0 amide bonds. The fourth-order valence-electron chi connectivity index (χ4n) is 1.04. The molecule has 74 valence electrons. The molecule has 0 radical (unpaired) electrons. The lowest BCUT2D eigenvalue weighted by atomic mass is 10.1. The average Bonchev–Trinajstić information content (AvgIpc) is 2.40. The number of rotatable bonds is 2. The fourth-order valence-corrected chi connectivity index (χ4v) is 1.04. The van der Waals surface area contributed by atoms with Crippen LogP contribution >= 0.6 is 0 Å². The molecule has 0 aliphatic heterocycles. The summed E-state index contributed by atoms with van der Waals surface area (Å²) < 4.78 is 0. The van der Waals surface area contributed by atoms with Gasteiger partial charge in [-0.15, -0.1) is 0 Å². The van der Waals surface area contributed by atoms with Crippen LogP contribution < -0.4 is 16.4 Å². The smallest absolute Gasteiger partial charge is 0.273 e. The highest BCUT2D eigenvalue weighted by Crippen LogP contribution is 1.99. The largest absolute Gasteiger partial charge is 0.338 e. The number of allylic oxidation sites excluding steroid dienone is 2. The zero-order chi connectivity index (χ0) is 10.7. The van der Waals surface area contributed by atoms with Gasteiger partial charge >= 0.3 is 0 Å². The number of aromatic amines is 2. The highest BCUT2D eigenvalue weighted by molar-refractivity contribution is 5.88. The molecule has 0 aliphatic rings. The lowest BCUT2D eigenvalue weighted by molar-refractivity contribution is 1.19. The Morgan fingerprint density at radius 2 is 2.07 bits per heavy atom. The second kappa shape index (κ2) is 3.91. The monoisotopic (exact) mass is 191 g/mol. The zero-order valence-electron chi connectivity index (χ0n) is 8.27. The van der Waals surface area contributed by atoms with Gasteiger partial charge in [0.1, 0.15) is 10.8 Å². The summed E-state index contributed by atoms with van der Waals surface area (Å²) >= 11 is 0. The molecule has 3 N–H and O–H groups in total. The Labute approximate surface area is 81.2 Å². The standard InChI is InChI=1S/C10H13N3O/c1-6(2)8(5-11)4-9-10(14)13-7(3)12-9/h4-5,11-12H,3H2,1-2H3,(H,13,14)/b9-4-,11-5?. The van der Waals surface area contributed by atoms with Crippen molar-refractivity contribution in [3.8, 4) is 0 Å². The van der Waals surface area contributed by atoms with E-state index in [-0.39, 0.29) is 5.56 Å². The number of imidazole rings is 1. The van der Waals surface area contributed by atoms with Crippen molar-refractivity contribution in [3.63, 3.8) is 0 Å². The zero-order valence-corrected chi connectivity index (χ0v) is 8.27. The molecule has 14 heavy (non-hydrogen) atoms. The molecule has 1 rings (SSSR count). The molecule has 0 fully saturated rings. The third-order valence-corrected chi connectivity index (χ3v) is 1.83. The minimum atomic E-state index is -0.212. The molecule has 4 nitrogen and oxygen atoms in total. The van der Waals surface area contributed by atoms with E-state index in [4.69, 9.17) is 5.41 Å². The Hall–Kier alpha value is -1.84. The second-order valence-electron chi connectivity index (χ2n) is 3.22. The molecule has 0 spiro atoms. The minimum Gasteiger partial charge on any atom is -0.338 e. The first-order valence-electron chi connectivity index (χ1n) is 4.21. The van der Waals surface area contributed by atoms with E-state index in [1.54, 1.807) is 6.08 Å². The van der Waals surface area contributed by atoms with Crippen molar-refractivity contribution in [2.24, 2.45) is 0 Å². The van der Waals surface area contributed by atoms with Crippen molar-refractivity contribution in [1.29, 1.82) is 5.41 Å². The van der Waals surface area contributed by atoms with Crippen molar-refractivity contribution in [1.82, 2.24) is 9.97 Å². The van der Waals surface area contributed by atoms with Crippen LogP contribution in [0.5, 0.6) is 0 Å². The van der Waals surface area contributed by atoms with Gasteiger partial charge in [-0.2, -0.15) is 0 Å². The summed E-state index contributed by atoms with van der Waals surface area (Å²) in [4.78, 5) is 16.6. The van der Waals surface area contributed by atoms with Gasteiger partial charge in [-0.1, -0.05) is 12.2 Å². The van der Waals surface area contributed by atoms with Gasteiger partial charge in [0, 0.05) is 6.21 Å². The first-order valence-corrected chi connectivity index (χ1v) is 4.21. The summed E-state index contributed by atoms with van der Waals surface area (Å²) in [6.45, 7) is 7.35. The Kier molecular flexibility index (Phi) is 2.86. The Balaban J connectivity index is 3.44.